The second-order valence-corrected chi connectivity index (χ2v) is 6.41. The number of amides is 1. The number of carbonyl (C=O) groups is 1. The van der Waals surface area contributed by atoms with Gasteiger partial charge in [0, 0.05) is 11.8 Å². The smallest absolute Gasteiger partial charge is 0.241 e. The van der Waals surface area contributed by atoms with E-state index in [1.807, 2.05) is 61.5 Å². The summed E-state index contributed by atoms with van der Waals surface area (Å²) in [6, 6.07) is 19.2. The Bertz CT molecular complexity index is 1070. The van der Waals surface area contributed by atoms with E-state index in [0.717, 1.165) is 16.7 Å². The van der Waals surface area contributed by atoms with Crippen LogP contribution in [0.4, 0.5) is 5.88 Å². The van der Waals surface area contributed by atoms with Crippen LogP contribution in [0.5, 0.6) is 0 Å². The van der Waals surface area contributed by atoms with Crippen molar-refractivity contribution in [2.75, 3.05) is 5.32 Å². The highest BCUT2D eigenvalue weighted by molar-refractivity contribution is 5.97. The molecule has 138 valence electrons. The fourth-order valence-electron chi connectivity index (χ4n) is 2.91. The Hall–Kier alpha value is -3.80. The molecule has 0 saturated carbocycles. The maximum Gasteiger partial charge on any atom is 0.241 e. The highest BCUT2D eigenvalue weighted by atomic mass is 16.5. The molecule has 1 N–H and O–H groups in total. The summed E-state index contributed by atoms with van der Waals surface area (Å²) >= 11 is 0. The van der Waals surface area contributed by atoms with Gasteiger partial charge in [-0.2, -0.15) is 0 Å². The van der Waals surface area contributed by atoms with Crippen LogP contribution in [0.15, 0.2) is 77.7 Å². The number of aryl methyl sites for hydroxylation is 1. The summed E-state index contributed by atoms with van der Waals surface area (Å²) in [4.78, 5) is 20.8. The van der Waals surface area contributed by atoms with Crippen LogP contribution in [0, 0.1) is 6.92 Å². The van der Waals surface area contributed by atoms with E-state index in [-0.39, 0.29) is 18.2 Å². The van der Waals surface area contributed by atoms with Gasteiger partial charge in [-0.05, 0) is 18.6 Å². The number of benzene rings is 2. The summed E-state index contributed by atoms with van der Waals surface area (Å²) < 4.78 is 5.50. The third-order valence-corrected chi connectivity index (χ3v) is 4.32. The van der Waals surface area contributed by atoms with Gasteiger partial charge in [0.25, 0.3) is 0 Å². The molecule has 0 aliphatic heterocycles. The van der Waals surface area contributed by atoms with Crippen LogP contribution < -0.4 is 5.32 Å². The van der Waals surface area contributed by atoms with Crippen molar-refractivity contribution in [2.24, 2.45) is 0 Å². The van der Waals surface area contributed by atoms with E-state index in [4.69, 9.17) is 4.52 Å². The van der Waals surface area contributed by atoms with Gasteiger partial charge in [0.2, 0.25) is 11.8 Å². The minimum Gasteiger partial charge on any atom is -0.337 e. The number of anilines is 1. The van der Waals surface area contributed by atoms with Gasteiger partial charge in [-0.3, -0.25) is 10.1 Å². The Balaban J connectivity index is 1.69. The average Bonchev–Trinajstić information content (AvgIpc) is 3.13. The van der Waals surface area contributed by atoms with Gasteiger partial charge in [-0.25, -0.2) is 9.97 Å². The molecule has 0 bridgehead atoms. The Labute approximate surface area is 162 Å². The monoisotopic (exact) mass is 370 g/mol. The summed E-state index contributed by atoms with van der Waals surface area (Å²) in [6.07, 6.45) is 3.34. The van der Waals surface area contributed by atoms with Crippen molar-refractivity contribution in [3.05, 3.63) is 84.3 Å². The summed E-state index contributed by atoms with van der Waals surface area (Å²) in [6.45, 7) is 2.02. The van der Waals surface area contributed by atoms with Crippen molar-refractivity contribution in [1.82, 2.24) is 15.1 Å². The summed E-state index contributed by atoms with van der Waals surface area (Å²) in [5, 5.41) is 7.03. The Morgan fingerprint density at radius 3 is 2.54 bits per heavy atom. The minimum absolute atomic E-state index is 0.187. The van der Waals surface area contributed by atoms with Gasteiger partial charge in [-0.1, -0.05) is 65.3 Å². The van der Waals surface area contributed by atoms with Crippen molar-refractivity contribution in [2.45, 2.75) is 13.3 Å². The lowest BCUT2D eigenvalue weighted by molar-refractivity contribution is -0.115. The van der Waals surface area contributed by atoms with Gasteiger partial charge < -0.3 is 4.52 Å². The molecule has 2 aromatic heterocycles. The number of rotatable bonds is 5. The average molecular weight is 370 g/mol. The van der Waals surface area contributed by atoms with Crippen LogP contribution in [0.2, 0.25) is 0 Å². The van der Waals surface area contributed by atoms with Gasteiger partial charge in [0.05, 0.1) is 17.7 Å². The molecule has 0 unspecified atom stereocenters. The Morgan fingerprint density at radius 1 is 1.04 bits per heavy atom. The lowest BCUT2D eigenvalue weighted by Crippen LogP contribution is -2.14. The number of hydrogen-bond acceptors (Lipinski definition) is 5. The molecule has 0 spiro atoms. The summed E-state index contributed by atoms with van der Waals surface area (Å²) in [5.74, 6) is 0.0864. The molecule has 0 aliphatic carbocycles. The standard InChI is InChI=1S/C22H18N4O2/c1-15-7-9-17(10-8-15)21-20(18-11-12-23-14-24-18)22(28-26-21)25-19(27)13-16-5-3-2-4-6-16/h2-12,14H,13H2,1H3,(H,25,27). The fraction of sp³-hybridized carbons (Fsp3) is 0.0909. The second kappa shape index (κ2) is 7.84. The van der Waals surface area contributed by atoms with Crippen molar-refractivity contribution in [3.8, 4) is 22.5 Å². The second-order valence-electron chi connectivity index (χ2n) is 6.41. The maximum atomic E-state index is 12.5. The maximum absolute atomic E-state index is 12.5. The highest BCUT2D eigenvalue weighted by Crippen LogP contribution is 2.36. The summed E-state index contributed by atoms with van der Waals surface area (Å²) in [7, 11) is 0. The topological polar surface area (TPSA) is 80.9 Å². The van der Waals surface area contributed by atoms with Crippen LogP contribution >= 0.6 is 0 Å². The van der Waals surface area contributed by atoms with Crippen LogP contribution in [-0.4, -0.2) is 21.0 Å². The van der Waals surface area contributed by atoms with Crippen LogP contribution in [0.1, 0.15) is 11.1 Å². The zero-order chi connectivity index (χ0) is 19.3. The zero-order valence-electron chi connectivity index (χ0n) is 15.3. The quantitative estimate of drug-likeness (QED) is 0.567. The molecule has 28 heavy (non-hydrogen) atoms. The lowest BCUT2D eigenvalue weighted by Gasteiger charge is -2.06. The largest absolute Gasteiger partial charge is 0.337 e. The SMILES string of the molecule is Cc1ccc(-c2noc(NC(=O)Cc3ccccc3)c2-c2ccncn2)cc1. The number of nitrogens with zero attached hydrogens (tertiary/aromatic N) is 3. The molecule has 2 aromatic carbocycles. The molecule has 2 heterocycles. The number of hydrogen-bond donors (Lipinski definition) is 1. The minimum atomic E-state index is -0.187. The lowest BCUT2D eigenvalue weighted by atomic mass is 10.0. The fourth-order valence-corrected chi connectivity index (χ4v) is 2.91. The van der Waals surface area contributed by atoms with E-state index in [2.05, 4.69) is 20.4 Å². The molecule has 6 nitrogen and oxygen atoms in total. The van der Waals surface area contributed by atoms with Crippen molar-refractivity contribution < 1.29 is 9.32 Å². The molecule has 4 rings (SSSR count). The molecule has 0 fully saturated rings. The van der Waals surface area contributed by atoms with E-state index in [1.165, 1.54) is 6.33 Å². The summed E-state index contributed by atoms with van der Waals surface area (Å²) in [5.41, 5.74) is 4.82. The van der Waals surface area contributed by atoms with E-state index < -0.39 is 0 Å². The van der Waals surface area contributed by atoms with Gasteiger partial charge in [0.1, 0.15) is 12.0 Å². The van der Waals surface area contributed by atoms with Crippen LogP contribution in [-0.2, 0) is 11.2 Å². The first-order chi connectivity index (χ1) is 13.7. The highest BCUT2D eigenvalue weighted by Gasteiger charge is 2.22. The van der Waals surface area contributed by atoms with Crippen molar-refractivity contribution >= 4 is 11.8 Å². The third kappa shape index (κ3) is 3.81. The molecular weight excluding hydrogens is 352 g/mol. The van der Waals surface area contributed by atoms with Crippen molar-refractivity contribution in [3.63, 3.8) is 0 Å². The Kier molecular flexibility index (Phi) is 4.93. The number of nitrogens with one attached hydrogen (secondary N) is 1. The van der Waals surface area contributed by atoms with E-state index in [9.17, 15) is 4.79 Å². The molecule has 0 saturated heterocycles. The molecule has 0 aliphatic rings. The van der Waals surface area contributed by atoms with E-state index in [1.54, 1.807) is 12.3 Å². The molecule has 4 aromatic rings. The molecular formula is C22H18N4O2. The third-order valence-electron chi connectivity index (χ3n) is 4.32. The van der Waals surface area contributed by atoms with E-state index in [0.29, 0.717) is 17.0 Å². The van der Waals surface area contributed by atoms with Crippen molar-refractivity contribution in [1.29, 1.82) is 0 Å². The van der Waals surface area contributed by atoms with Crippen LogP contribution in [0.25, 0.3) is 22.5 Å². The first kappa shape index (κ1) is 17.6. The predicted molar refractivity (Wildman–Crippen MR) is 106 cm³/mol. The molecule has 0 atom stereocenters. The molecule has 0 radical (unpaired) electrons. The van der Waals surface area contributed by atoms with Gasteiger partial charge in [-0.15, -0.1) is 0 Å². The number of carbonyl (C=O) groups excluding carboxylic acids is 1. The number of aromatic nitrogens is 3. The molecule has 6 heteroatoms. The van der Waals surface area contributed by atoms with Crippen LogP contribution in [0.3, 0.4) is 0 Å². The molecule has 1 amide bonds. The normalized spacial score (nSPS) is 10.6. The first-order valence-electron chi connectivity index (χ1n) is 8.87. The first-order valence-corrected chi connectivity index (χ1v) is 8.87. The van der Waals surface area contributed by atoms with Gasteiger partial charge in [0.15, 0.2) is 0 Å². The van der Waals surface area contributed by atoms with Gasteiger partial charge >= 0.3 is 0 Å². The Morgan fingerprint density at radius 2 is 1.82 bits per heavy atom. The zero-order valence-corrected chi connectivity index (χ0v) is 15.3. The predicted octanol–water partition coefficient (Wildman–Crippen LogP) is 4.29. The van der Waals surface area contributed by atoms with E-state index >= 15 is 0 Å².